The van der Waals surface area contributed by atoms with Crippen LogP contribution < -0.4 is 10.1 Å². The van der Waals surface area contributed by atoms with Gasteiger partial charge in [0, 0.05) is 24.2 Å². The Kier molecular flexibility index (Phi) is 4.81. The fourth-order valence-electron chi connectivity index (χ4n) is 2.97. The summed E-state index contributed by atoms with van der Waals surface area (Å²) in [5.74, 6) is 1.03. The average Bonchev–Trinajstić information content (AvgIpc) is 2.89. The summed E-state index contributed by atoms with van der Waals surface area (Å²) in [4.78, 5) is 12.7. The molecule has 2 aromatic rings. The van der Waals surface area contributed by atoms with Crippen LogP contribution in [0.3, 0.4) is 0 Å². The lowest BCUT2D eigenvalue weighted by Crippen LogP contribution is -2.32. The first-order valence-electron chi connectivity index (χ1n) is 8.22. The summed E-state index contributed by atoms with van der Waals surface area (Å²) in [6.07, 6.45) is 2.36. The van der Waals surface area contributed by atoms with Crippen LogP contribution >= 0.6 is 11.6 Å². The molecule has 2 heterocycles. The van der Waals surface area contributed by atoms with Crippen molar-refractivity contribution in [2.45, 2.75) is 39.8 Å². The van der Waals surface area contributed by atoms with Crippen molar-refractivity contribution in [2.75, 3.05) is 6.61 Å². The summed E-state index contributed by atoms with van der Waals surface area (Å²) in [5.41, 5.74) is 2.43. The van der Waals surface area contributed by atoms with Crippen LogP contribution in [0.2, 0.25) is 5.02 Å². The van der Waals surface area contributed by atoms with Crippen LogP contribution in [0.5, 0.6) is 5.75 Å². The molecule has 6 heteroatoms. The zero-order chi connectivity index (χ0) is 17.3. The molecule has 1 aromatic carbocycles. The standard InChI is InChI=1S/C18H22ClN3O2/c1-11(2)10-22-12(3)14(9-20-22)18(23)21-16-7-8-24-17-13(16)5-4-6-15(17)19/h4-6,9,11,16H,7-8,10H2,1-3H3,(H,21,23). The second-order valence-corrected chi connectivity index (χ2v) is 6.95. The maximum Gasteiger partial charge on any atom is 0.255 e. The van der Waals surface area contributed by atoms with E-state index in [-0.39, 0.29) is 11.9 Å². The van der Waals surface area contributed by atoms with Crippen molar-refractivity contribution < 1.29 is 9.53 Å². The molecule has 1 aromatic heterocycles. The molecule has 0 aliphatic carbocycles. The Morgan fingerprint density at radius 2 is 2.29 bits per heavy atom. The number of nitrogens with one attached hydrogen (secondary N) is 1. The van der Waals surface area contributed by atoms with Gasteiger partial charge in [0.1, 0.15) is 5.75 Å². The Morgan fingerprint density at radius 3 is 3.04 bits per heavy atom. The number of carbonyl (C=O) groups excluding carboxylic acids is 1. The number of para-hydroxylation sites is 1. The second-order valence-electron chi connectivity index (χ2n) is 6.54. The van der Waals surface area contributed by atoms with Crippen molar-refractivity contribution in [3.8, 4) is 5.75 Å². The predicted molar refractivity (Wildman–Crippen MR) is 93.6 cm³/mol. The van der Waals surface area contributed by atoms with Gasteiger partial charge in [-0.05, 0) is 18.9 Å². The van der Waals surface area contributed by atoms with Crippen LogP contribution in [0.15, 0.2) is 24.4 Å². The van der Waals surface area contributed by atoms with Gasteiger partial charge < -0.3 is 10.1 Å². The quantitative estimate of drug-likeness (QED) is 0.916. The molecule has 1 amide bonds. The molecule has 0 saturated heterocycles. The largest absolute Gasteiger partial charge is 0.492 e. The minimum atomic E-state index is -0.111. The van der Waals surface area contributed by atoms with Gasteiger partial charge in [-0.25, -0.2) is 0 Å². The number of rotatable bonds is 4. The van der Waals surface area contributed by atoms with Gasteiger partial charge in [0.15, 0.2) is 0 Å². The monoisotopic (exact) mass is 347 g/mol. The van der Waals surface area contributed by atoms with Gasteiger partial charge in [-0.1, -0.05) is 37.6 Å². The van der Waals surface area contributed by atoms with Crippen LogP contribution in [-0.2, 0) is 6.54 Å². The molecule has 1 aliphatic rings. The van der Waals surface area contributed by atoms with E-state index in [4.69, 9.17) is 16.3 Å². The van der Waals surface area contributed by atoms with Gasteiger partial charge in [0.05, 0.1) is 29.4 Å². The second kappa shape index (κ2) is 6.85. The van der Waals surface area contributed by atoms with Gasteiger partial charge >= 0.3 is 0 Å². The number of hydrogen-bond donors (Lipinski definition) is 1. The van der Waals surface area contributed by atoms with Gasteiger partial charge in [-0.3, -0.25) is 9.48 Å². The Labute approximate surface area is 147 Å². The minimum absolute atomic E-state index is 0.104. The van der Waals surface area contributed by atoms with E-state index in [2.05, 4.69) is 24.3 Å². The highest BCUT2D eigenvalue weighted by Crippen LogP contribution is 2.37. The van der Waals surface area contributed by atoms with Crippen molar-refractivity contribution in [2.24, 2.45) is 5.92 Å². The molecular weight excluding hydrogens is 326 g/mol. The van der Waals surface area contributed by atoms with Gasteiger partial charge in [0.2, 0.25) is 0 Å². The fraction of sp³-hybridized carbons (Fsp3) is 0.444. The first-order chi connectivity index (χ1) is 11.5. The highest BCUT2D eigenvalue weighted by atomic mass is 35.5. The molecule has 1 atom stereocenters. The average molecular weight is 348 g/mol. The summed E-state index contributed by atoms with van der Waals surface area (Å²) in [7, 11) is 0. The molecule has 0 bridgehead atoms. The lowest BCUT2D eigenvalue weighted by molar-refractivity contribution is 0.0924. The molecule has 1 N–H and O–H groups in total. The first-order valence-corrected chi connectivity index (χ1v) is 8.59. The van der Waals surface area contributed by atoms with E-state index in [1.807, 2.05) is 23.7 Å². The number of hydrogen-bond acceptors (Lipinski definition) is 3. The Bertz CT molecular complexity index is 755. The summed E-state index contributed by atoms with van der Waals surface area (Å²) in [5, 5.41) is 8.01. The number of aromatic nitrogens is 2. The highest BCUT2D eigenvalue weighted by Gasteiger charge is 2.26. The van der Waals surface area contributed by atoms with Crippen molar-refractivity contribution in [1.82, 2.24) is 15.1 Å². The smallest absolute Gasteiger partial charge is 0.255 e. The van der Waals surface area contributed by atoms with E-state index >= 15 is 0 Å². The number of amides is 1. The van der Waals surface area contributed by atoms with E-state index in [9.17, 15) is 4.79 Å². The first kappa shape index (κ1) is 16.8. The third kappa shape index (κ3) is 3.26. The Hall–Kier alpha value is -2.01. The number of halogens is 1. The number of nitrogens with zero attached hydrogens (tertiary/aromatic N) is 2. The van der Waals surface area contributed by atoms with Crippen LogP contribution in [-0.4, -0.2) is 22.3 Å². The summed E-state index contributed by atoms with van der Waals surface area (Å²) < 4.78 is 7.53. The molecular formula is C18H22ClN3O2. The molecule has 0 radical (unpaired) electrons. The van der Waals surface area contributed by atoms with Gasteiger partial charge in [0.25, 0.3) is 5.91 Å². The third-order valence-corrected chi connectivity index (χ3v) is 4.51. The molecule has 24 heavy (non-hydrogen) atoms. The molecule has 1 aliphatic heterocycles. The third-order valence-electron chi connectivity index (χ3n) is 4.22. The fourth-order valence-corrected chi connectivity index (χ4v) is 3.21. The zero-order valence-corrected chi connectivity index (χ0v) is 14.9. The zero-order valence-electron chi connectivity index (χ0n) is 14.2. The minimum Gasteiger partial charge on any atom is -0.492 e. The topological polar surface area (TPSA) is 56.1 Å². The van der Waals surface area contributed by atoms with Crippen LogP contribution in [0, 0.1) is 12.8 Å². The summed E-state index contributed by atoms with van der Waals surface area (Å²) in [6, 6.07) is 5.51. The van der Waals surface area contributed by atoms with Crippen LogP contribution in [0.4, 0.5) is 0 Å². The lowest BCUT2D eigenvalue weighted by atomic mass is 10.00. The predicted octanol–water partition coefficient (Wildman–Crippen LogP) is 3.75. The highest BCUT2D eigenvalue weighted by molar-refractivity contribution is 6.32. The molecule has 128 valence electrons. The van der Waals surface area contributed by atoms with Crippen molar-refractivity contribution in [1.29, 1.82) is 0 Å². The van der Waals surface area contributed by atoms with Gasteiger partial charge in [-0.2, -0.15) is 5.10 Å². The number of fused-ring (bicyclic) bond motifs is 1. The van der Waals surface area contributed by atoms with Crippen LogP contribution in [0.1, 0.15) is 47.9 Å². The molecule has 0 saturated carbocycles. The molecule has 0 spiro atoms. The van der Waals surface area contributed by atoms with E-state index in [1.165, 1.54) is 0 Å². The normalized spacial score (nSPS) is 16.6. The Morgan fingerprint density at radius 1 is 1.50 bits per heavy atom. The molecule has 3 rings (SSSR count). The van der Waals surface area contributed by atoms with Crippen molar-refractivity contribution in [3.63, 3.8) is 0 Å². The molecule has 5 nitrogen and oxygen atoms in total. The van der Waals surface area contributed by atoms with E-state index in [1.54, 1.807) is 12.3 Å². The van der Waals surface area contributed by atoms with E-state index in [0.29, 0.717) is 28.9 Å². The summed E-state index contributed by atoms with van der Waals surface area (Å²) >= 11 is 6.19. The van der Waals surface area contributed by atoms with E-state index < -0.39 is 0 Å². The Balaban J connectivity index is 1.80. The number of ether oxygens (including phenoxy) is 1. The molecule has 0 fully saturated rings. The summed E-state index contributed by atoms with van der Waals surface area (Å²) in [6.45, 7) is 7.52. The maximum atomic E-state index is 12.7. The van der Waals surface area contributed by atoms with Crippen LogP contribution in [0.25, 0.3) is 0 Å². The SMILES string of the molecule is Cc1c(C(=O)NC2CCOc3c(Cl)cccc32)cnn1CC(C)C. The molecule has 1 unspecified atom stereocenters. The number of benzene rings is 1. The van der Waals surface area contributed by atoms with Crippen molar-refractivity contribution >= 4 is 17.5 Å². The van der Waals surface area contributed by atoms with Crippen molar-refractivity contribution in [3.05, 3.63) is 46.2 Å². The van der Waals surface area contributed by atoms with E-state index in [0.717, 1.165) is 24.2 Å². The lowest BCUT2D eigenvalue weighted by Gasteiger charge is -2.27. The number of carbonyl (C=O) groups is 1. The van der Waals surface area contributed by atoms with Gasteiger partial charge in [-0.15, -0.1) is 0 Å². The maximum absolute atomic E-state index is 12.7.